The van der Waals surface area contributed by atoms with E-state index in [1.165, 1.54) is 29.5 Å². The molecule has 0 aliphatic heterocycles. The third kappa shape index (κ3) is 5.02. The van der Waals surface area contributed by atoms with Gasteiger partial charge in [-0.2, -0.15) is 0 Å². The fourth-order valence-electron chi connectivity index (χ4n) is 3.70. The van der Waals surface area contributed by atoms with Crippen LogP contribution < -0.4 is 0 Å². The molecular formula is C23H29NO. The molecule has 1 aliphatic rings. The lowest BCUT2D eigenvalue weighted by Gasteiger charge is -2.25. The Morgan fingerprint density at radius 3 is 2.40 bits per heavy atom. The van der Waals surface area contributed by atoms with Crippen molar-refractivity contribution in [1.29, 1.82) is 0 Å². The number of rotatable bonds is 7. The van der Waals surface area contributed by atoms with Crippen LogP contribution in [0.3, 0.4) is 0 Å². The zero-order chi connectivity index (χ0) is 17.5. The molecule has 0 saturated heterocycles. The van der Waals surface area contributed by atoms with Gasteiger partial charge in [0.25, 0.3) is 0 Å². The van der Waals surface area contributed by atoms with E-state index in [4.69, 9.17) is 0 Å². The number of pyridine rings is 1. The molecule has 1 heterocycles. The summed E-state index contributed by atoms with van der Waals surface area (Å²) in [5.74, 6) is 0.600. The van der Waals surface area contributed by atoms with Crippen molar-refractivity contribution in [3.8, 4) is 11.3 Å². The first-order chi connectivity index (χ1) is 12.3. The number of aromatic nitrogens is 1. The van der Waals surface area contributed by atoms with Crippen LogP contribution in [-0.4, -0.2) is 16.2 Å². The van der Waals surface area contributed by atoms with Gasteiger partial charge >= 0.3 is 0 Å². The molecule has 1 fully saturated rings. The van der Waals surface area contributed by atoms with Gasteiger partial charge in [0.1, 0.15) is 0 Å². The second kappa shape index (κ2) is 8.96. The molecule has 0 bridgehead atoms. The minimum Gasteiger partial charge on any atom is -0.393 e. The molecule has 1 aliphatic carbocycles. The number of aliphatic hydroxyl groups excluding tert-OH is 1. The van der Waals surface area contributed by atoms with Crippen LogP contribution in [0.4, 0.5) is 0 Å². The predicted octanol–water partition coefficient (Wildman–Crippen LogP) is 5.67. The van der Waals surface area contributed by atoms with Crippen LogP contribution in [-0.2, 0) is 6.42 Å². The maximum Gasteiger partial charge on any atom is 0.0702 e. The van der Waals surface area contributed by atoms with E-state index in [2.05, 4.69) is 48.0 Å². The number of aryl methyl sites for hydroxylation is 1. The largest absolute Gasteiger partial charge is 0.393 e. The van der Waals surface area contributed by atoms with Crippen molar-refractivity contribution in [2.45, 2.75) is 63.4 Å². The average molecular weight is 335 g/mol. The van der Waals surface area contributed by atoms with E-state index in [0.717, 1.165) is 44.2 Å². The molecule has 2 aromatic rings. The van der Waals surface area contributed by atoms with E-state index in [0.29, 0.717) is 5.92 Å². The monoisotopic (exact) mass is 335 g/mol. The van der Waals surface area contributed by atoms with E-state index < -0.39 is 0 Å². The Balaban J connectivity index is 1.59. The van der Waals surface area contributed by atoms with Crippen molar-refractivity contribution in [2.24, 2.45) is 0 Å². The van der Waals surface area contributed by atoms with Gasteiger partial charge in [-0.15, -0.1) is 6.58 Å². The zero-order valence-electron chi connectivity index (χ0n) is 15.0. The lowest BCUT2D eigenvalue weighted by molar-refractivity contribution is 0.122. The molecule has 3 rings (SSSR count). The highest BCUT2D eigenvalue weighted by atomic mass is 16.3. The molecule has 1 aromatic heterocycles. The van der Waals surface area contributed by atoms with Gasteiger partial charge in [-0.1, -0.05) is 36.4 Å². The molecule has 132 valence electrons. The molecule has 0 unspecified atom stereocenters. The van der Waals surface area contributed by atoms with Crippen LogP contribution in [0.25, 0.3) is 11.3 Å². The Labute approximate surface area is 151 Å². The fraction of sp³-hybridized carbons (Fsp3) is 0.435. The third-order valence-electron chi connectivity index (χ3n) is 5.32. The Kier molecular flexibility index (Phi) is 6.41. The summed E-state index contributed by atoms with van der Waals surface area (Å²) in [7, 11) is 0. The van der Waals surface area contributed by atoms with Crippen LogP contribution in [0, 0.1) is 0 Å². The Morgan fingerprint density at radius 1 is 1.00 bits per heavy atom. The summed E-state index contributed by atoms with van der Waals surface area (Å²) in [4.78, 5) is 4.65. The van der Waals surface area contributed by atoms with Gasteiger partial charge in [-0.3, -0.25) is 4.98 Å². The van der Waals surface area contributed by atoms with E-state index in [1.54, 1.807) is 0 Å². The third-order valence-corrected chi connectivity index (χ3v) is 5.32. The lowest BCUT2D eigenvalue weighted by atomic mass is 9.82. The van der Waals surface area contributed by atoms with E-state index >= 15 is 0 Å². The van der Waals surface area contributed by atoms with E-state index in [9.17, 15) is 5.11 Å². The highest BCUT2D eigenvalue weighted by Crippen LogP contribution is 2.33. The molecule has 1 N–H and O–H groups in total. The summed E-state index contributed by atoms with van der Waals surface area (Å²) in [5, 5.41) is 9.66. The maximum atomic E-state index is 9.66. The summed E-state index contributed by atoms with van der Waals surface area (Å²) in [6, 6.07) is 13.2. The number of unbranched alkanes of at least 4 members (excludes halogenated alkanes) is 2. The smallest absolute Gasteiger partial charge is 0.0702 e. The molecule has 1 saturated carbocycles. The molecule has 0 spiro atoms. The first-order valence-electron chi connectivity index (χ1n) is 9.60. The van der Waals surface area contributed by atoms with Crippen LogP contribution >= 0.6 is 0 Å². The predicted molar refractivity (Wildman–Crippen MR) is 105 cm³/mol. The number of nitrogens with zero attached hydrogens (tertiary/aromatic N) is 1. The second-order valence-electron chi connectivity index (χ2n) is 7.21. The minimum absolute atomic E-state index is 0.0880. The van der Waals surface area contributed by atoms with Crippen LogP contribution in [0.5, 0.6) is 0 Å². The van der Waals surface area contributed by atoms with Crippen molar-refractivity contribution in [3.05, 3.63) is 66.4 Å². The molecule has 1 aromatic carbocycles. The first-order valence-corrected chi connectivity index (χ1v) is 9.60. The van der Waals surface area contributed by atoms with E-state index in [1.807, 2.05) is 12.3 Å². The highest BCUT2D eigenvalue weighted by molar-refractivity contribution is 5.59. The normalized spacial score (nSPS) is 20.4. The van der Waals surface area contributed by atoms with Crippen molar-refractivity contribution < 1.29 is 5.11 Å². The Hall–Kier alpha value is -1.93. The average Bonchev–Trinajstić information content (AvgIpc) is 2.67. The maximum absolute atomic E-state index is 9.66. The van der Waals surface area contributed by atoms with Crippen molar-refractivity contribution in [1.82, 2.24) is 4.98 Å². The van der Waals surface area contributed by atoms with Gasteiger partial charge in [0.05, 0.1) is 11.8 Å². The van der Waals surface area contributed by atoms with Crippen molar-refractivity contribution >= 4 is 0 Å². The van der Waals surface area contributed by atoms with Crippen LogP contribution in [0.1, 0.15) is 62.0 Å². The summed E-state index contributed by atoms with van der Waals surface area (Å²) in [5.41, 5.74) is 4.93. The molecule has 2 heteroatoms. The lowest BCUT2D eigenvalue weighted by Crippen LogP contribution is -2.16. The van der Waals surface area contributed by atoms with Crippen LogP contribution in [0.2, 0.25) is 0 Å². The summed E-state index contributed by atoms with van der Waals surface area (Å²) in [6.45, 7) is 3.77. The Bertz CT molecular complexity index is 651. The van der Waals surface area contributed by atoms with Crippen molar-refractivity contribution in [3.63, 3.8) is 0 Å². The number of allylic oxidation sites excluding steroid dienone is 1. The van der Waals surface area contributed by atoms with Crippen molar-refractivity contribution in [2.75, 3.05) is 0 Å². The quantitative estimate of drug-likeness (QED) is 0.522. The van der Waals surface area contributed by atoms with Gasteiger partial charge in [0.15, 0.2) is 0 Å². The zero-order valence-corrected chi connectivity index (χ0v) is 15.0. The van der Waals surface area contributed by atoms with E-state index in [-0.39, 0.29) is 6.10 Å². The number of aliphatic hydroxyl groups is 1. The molecule has 25 heavy (non-hydrogen) atoms. The highest BCUT2D eigenvalue weighted by Gasteiger charge is 2.20. The van der Waals surface area contributed by atoms with Gasteiger partial charge in [-0.25, -0.2) is 0 Å². The Morgan fingerprint density at radius 2 is 1.76 bits per heavy atom. The SMILES string of the molecule is C=CCCCCc1ccc(-c2ccc([C@H]3CC[C@H](O)CC3)cc2)nc1. The topological polar surface area (TPSA) is 33.1 Å². The number of hydrogen-bond acceptors (Lipinski definition) is 2. The summed E-state index contributed by atoms with van der Waals surface area (Å²) in [6.07, 6.45) is 12.5. The summed E-state index contributed by atoms with van der Waals surface area (Å²) < 4.78 is 0. The molecule has 2 nitrogen and oxygen atoms in total. The fourth-order valence-corrected chi connectivity index (χ4v) is 3.70. The molecular weight excluding hydrogens is 306 g/mol. The standard InChI is InChI=1S/C23H29NO/c1-2-3-4-5-6-18-7-16-23(24-17-18)21-10-8-19(9-11-21)20-12-14-22(25)15-13-20/h2,7-11,16-17,20,22,25H,1,3-6,12-15H2/t20-,22-. The number of hydrogen-bond donors (Lipinski definition) is 1. The first kappa shape index (κ1) is 17.9. The second-order valence-corrected chi connectivity index (χ2v) is 7.21. The van der Waals surface area contributed by atoms with Gasteiger partial charge in [-0.05, 0) is 74.5 Å². The van der Waals surface area contributed by atoms with Gasteiger partial charge in [0, 0.05) is 11.8 Å². The summed E-state index contributed by atoms with van der Waals surface area (Å²) >= 11 is 0. The number of benzene rings is 1. The molecule has 0 atom stereocenters. The minimum atomic E-state index is -0.0880. The van der Waals surface area contributed by atoms with Gasteiger partial charge in [0.2, 0.25) is 0 Å². The molecule has 0 amide bonds. The molecule has 0 radical (unpaired) electrons. The van der Waals surface area contributed by atoms with Gasteiger partial charge < -0.3 is 5.11 Å². The van der Waals surface area contributed by atoms with Crippen LogP contribution in [0.15, 0.2) is 55.3 Å².